The van der Waals surface area contributed by atoms with E-state index in [0.29, 0.717) is 18.3 Å². The molecule has 2 heteroatoms. The molecule has 0 aromatic rings. The molecule has 5 atom stereocenters. The van der Waals surface area contributed by atoms with Gasteiger partial charge in [0, 0.05) is 5.41 Å². The Balaban J connectivity index is 1.94. The highest BCUT2D eigenvalue weighted by molar-refractivity contribution is 5.67. The number of carboxylic acids is 1. The van der Waals surface area contributed by atoms with Gasteiger partial charge in [-0.05, 0) is 61.2 Å². The summed E-state index contributed by atoms with van der Waals surface area (Å²) >= 11 is 0. The first-order valence-electron chi connectivity index (χ1n) is 9.29. The first-order valence-corrected chi connectivity index (χ1v) is 9.29. The second-order valence-corrected chi connectivity index (χ2v) is 9.20. The molecular weight excluding hydrogens is 284 g/mol. The molecule has 0 amide bonds. The summed E-state index contributed by atoms with van der Waals surface area (Å²) in [5, 5.41) is 9.42. The Kier molecular flexibility index (Phi) is 4.01. The molecule has 0 bridgehead atoms. The molecule has 23 heavy (non-hydrogen) atoms. The van der Waals surface area contributed by atoms with Crippen LogP contribution in [-0.4, -0.2) is 11.1 Å². The normalized spacial score (nSPS) is 46.3. The molecule has 3 rings (SSSR count). The van der Waals surface area contributed by atoms with E-state index in [4.69, 9.17) is 0 Å². The topological polar surface area (TPSA) is 37.3 Å². The van der Waals surface area contributed by atoms with Crippen molar-refractivity contribution in [3.05, 3.63) is 24.3 Å². The molecule has 0 radical (unpaired) electrons. The maximum Gasteiger partial charge on any atom is 0.303 e. The van der Waals surface area contributed by atoms with E-state index in [1.165, 1.54) is 25.7 Å². The van der Waals surface area contributed by atoms with Crippen molar-refractivity contribution in [1.29, 1.82) is 0 Å². The highest BCUT2D eigenvalue weighted by atomic mass is 16.4. The number of carbonyl (C=O) groups is 1. The number of carboxylic acid groups (broad SMARTS) is 1. The van der Waals surface area contributed by atoms with Crippen LogP contribution in [0.5, 0.6) is 0 Å². The third kappa shape index (κ3) is 2.68. The molecule has 0 aliphatic heterocycles. The van der Waals surface area contributed by atoms with Gasteiger partial charge in [-0.25, -0.2) is 0 Å². The van der Waals surface area contributed by atoms with E-state index in [1.807, 2.05) is 0 Å². The van der Waals surface area contributed by atoms with Crippen molar-refractivity contribution in [3.63, 3.8) is 0 Å². The smallest absolute Gasteiger partial charge is 0.303 e. The second-order valence-electron chi connectivity index (χ2n) is 9.20. The third-order valence-electron chi connectivity index (χ3n) is 7.57. The Bertz CT molecular complexity index is 548. The number of hydrogen-bond donors (Lipinski definition) is 1. The molecular formula is C21H32O2. The van der Waals surface area contributed by atoms with E-state index in [0.717, 1.165) is 19.3 Å². The highest BCUT2D eigenvalue weighted by Gasteiger charge is 2.56. The van der Waals surface area contributed by atoms with Crippen LogP contribution in [0.15, 0.2) is 24.3 Å². The van der Waals surface area contributed by atoms with Crippen molar-refractivity contribution in [3.8, 4) is 0 Å². The second kappa shape index (κ2) is 5.50. The average Bonchev–Trinajstić information content (AvgIpc) is 2.45. The summed E-state index contributed by atoms with van der Waals surface area (Å²) in [6.07, 6.45) is 13.2. The summed E-state index contributed by atoms with van der Waals surface area (Å²) in [6, 6.07) is 0. The van der Waals surface area contributed by atoms with Gasteiger partial charge < -0.3 is 5.11 Å². The van der Waals surface area contributed by atoms with Gasteiger partial charge in [-0.15, -0.1) is 6.58 Å². The summed E-state index contributed by atoms with van der Waals surface area (Å²) in [4.78, 5) is 11.4. The number of hydrogen-bond acceptors (Lipinski definition) is 1. The van der Waals surface area contributed by atoms with E-state index in [2.05, 4.69) is 39.5 Å². The molecule has 0 unspecified atom stereocenters. The Morgan fingerprint density at radius 3 is 2.70 bits per heavy atom. The minimum Gasteiger partial charge on any atom is -0.481 e. The lowest BCUT2D eigenvalue weighted by atomic mass is 9.44. The van der Waals surface area contributed by atoms with Gasteiger partial charge in [-0.2, -0.15) is 0 Å². The lowest BCUT2D eigenvalue weighted by Gasteiger charge is -2.60. The van der Waals surface area contributed by atoms with Crippen molar-refractivity contribution >= 4 is 5.97 Å². The third-order valence-corrected chi connectivity index (χ3v) is 7.57. The SMILES string of the molecule is C=C[C@]1(C)C=C2CC[C@@H]3[C@](C)(CC(=O)O)CCC[C@@]3(C)[C@@H]2CC1. The first-order chi connectivity index (χ1) is 10.7. The summed E-state index contributed by atoms with van der Waals surface area (Å²) in [6.45, 7) is 11.0. The van der Waals surface area contributed by atoms with Gasteiger partial charge in [0.15, 0.2) is 0 Å². The van der Waals surface area contributed by atoms with Gasteiger partial charge in [0.1, 0.15) is 0 Å². The Morgan fingerprint density at radius 1 is 1.30 bits per heavy atom. The fraction of sp³-hybridized carbons (Fsp3) is 0.762. The van der Waals surface area contributed by atoms with Crippen molar-refractivity contribution in [2.24, 2.45) is 28.1 Å². The van der Waals surface area contributed by atoms with E-state index in [-0.39, 0.29) is 16.2 Å². The molecule has 2 fully saturated rings. The zero-order valence-corrected chi connectivity index (χ0v) is 15.0. The zero-order chi connectivity index (χ0) is 16.9. The maximum absolute atomic E-state index is 11.4. The first kappa shape index (κ1) is 16.8. The Morgan fingerprint density at radius 2 is 2.04 bits per heavy atom. The standard InChI is InChI=1S/C21H32O2/c1-5-19(2)12-9-16-15(13-19)7-8-17-20(3,14-18(22)23)10-6-11-21(16,17)4/h5,13,16-17H,1,6-12,14H2,2-4H3,(H,22,23)/t16-,17-,19+,20+,21+/m1/s1. The van der Waals surface area contributed by atoms with Crippen LogP contribution in [-0.2, 0) is 4.79 Å². The van der Waals surface area contributed by atoms with Gasteiger partial charge >= 0.3 is 5.97 Å². The van der Waals surface area contributed by atoms with Crippen molar-refractivity contribution in [2.75, 3.05) is 0 Å². The van der Waals surface area contributed by atoms with E-state index < -0.39 is 5.97 Å². The van der Waals surface area contributed by atoms with Crippen molar-refractivity contribution in [1.82, 2.24) is 0 Å². The number of aliphatic carboxylic acids is 1. The highest BCUT2D eigenvalue weighted by Crippen LogP contribution is 2.64. The molecule has 128 valence electrons. The maximum atomic E-state index is 11.4. The van der Waals surface area contributed by atoms with Crippen LogP contribution in [0.1, 0.15) is 72.1 Å². The van der Waals surface area contributed by atoms with Crippen molar-refractivity contribution in [2.45, 2.75) is 72.1 Å². The molecule has 0 spiro atoms. The van der Waals surface area contributed by atoms with Crippen LogP contribution in [0.4, 0.5) is 0 Å². The van der Waals surface area contributed by atoms with Crippen LogP contribution in [0.2, 0.25) is 0 Å². The van der Waals surface area contributed by atoms with Gasteiger partial charge in [0.05, 0.1) is 6.42 Å². The number of fused-ring (bicyclic) bond motifs is 3. The van der Waals surface area contributed by atoms with E-state index in [9.17, 15) is 9.90 Å². The molecule has 0 saturated heterocycles. The summed E-state index contributed by atoms with van der Waals surface area (Å²) in [5.74, 6) is 0.582. The molecule has 1 N–H and O–H groups in total. The molecule has 2 nitrogen and oxygen atoms in total. The molecule has 0 heterocycles. The van der Waals surface area contributed by atoms with Gasteiger partial charge in [-0.3, -0.25) is 4.79 Å². The Hall–Kier alpha value is -1.05. The molecule has 3 aliphatic carbocycles. The fourth-order valence-corrected chi connectivity index (χ4v) is 6.38. The Labute approximate surface area is 141 Å². The van der Waals surface area contributed by atoms with Crippen LogP contribution >= 0.6 is 0 Å². The van der Waals surface area contributed by atoms with Crippen LogP contribution in [0, 0.1) is 28.1 Å². The molecule has 0 aromatic heterocycles. The number of allylic oxidation sites excluding steroid dienone is 3. The predicted molar refractivity (Wildman–Crippen MR) is 94.2 cm³/mol. The van der Waals surface area contributed by atoms with E-state index >= 15 is 0 Å². The average molecular weight is 316 g/mol. The van der Waals surface area contributed by atoms with Crippen LogP contribution in [0.25, 0.3) is 0 Å². The van der Waals surface area contributed by atoms with Gasteiger partial charge in [-0.1, -0.05) is 44.9 Å². The van der Waals surface area contributed by atoms with Gasteiger partial charge in [0.25, 0.3) is 0 Å². The molecule has 2 saturated carbocycles. The number of rotatable bonds is 3. The predicted octanol–water partition coefficient (Wildman–Crippen LogP) is 5.60. The van der Waals surface area contributed by atoms with Gasteiger partial charge in [0.2, 0.25) is 0 Å². The largest absolute Gasteiger partial charge is 0.481 e. The lowest BCUT2D eigenvalue weighted by molar-refractivity contribution is -0.145. The quantitative estimate of drug-likeness (QED) is 0.688. The fourth-order valence-electron chi connectivity index (χ4n) is 6.38. The monoisotopic (exact) mass is 316 g/mol. The van der Waals surface area contributed by atoms with E-state index in [1.54, 1.807) is 5.57 Å². The minimum absolute atomic E-state index is 0.0243. The summed E-state index contributed by atoms with van der Waals surface area (Å²) < 4.78 is 0. The van der Waals surface area contributed by atoms with Crippen LogP contribution < -0.4 is 0 Å². The molecule has 0 aromatic carbocycles. The molecule has 3 aliphatic rings. The summed E-state index contributed by atoms with van der Waals surface area (Å²) in [5.41, 5.74) is 2.06. The van der Waals surface area contributed by atoms with Crippen LogP contribution in [0.3, 0.4) is 0 Å². The van der Waals surface area contributed by atoms with Crippen molar-refractivity contribution < 1.29 is 9.90 Å². The summed E-state index contributed by atoms with van der Waals surface area (Å²) in [7, 11) is 0. The lowest BCUT2D eigenvalue weighted by Crippen LogP contribution is -2.52. The minimum atomic E-state index is -0.624. The zero-order valence-electron chi connectivity index (χ0n) is 15.0.